The lowest BCUT2D eigenvalue weighted by Crippen LogP contribution is -2.17. The average Bonchev–Trinajstić information content (AvgIpc) is 2.26. The van der Waals surface area contributed by atoms with E-state index in [9.17, 15) is 0 Å². The number of hydrogen-bond acceptors (Lipinski definition) is 2. The summed E-state index contributed by atoms with van der Waals surface area (Å²) in [6.07, 6.45) is 0. The van der Waals surface area contributed by atoms with Crippen LogP contribution in [0, 0.1) is 0 Å². The van der Waals surface area contributed by atoms with Crippen LogP contribution in [-0.4, -0.2) is 25.0 Å². The zero-order valence-electron chi connectivity index (χ0n) is 10.1. The van der Waals surface area contributed by atoms with Crippen LogP contribution in [0.3, 0.4) is 0 Å². The molecule has 1 rings (SSSR count). The molecule has 0 aliphatic heterocycles. The number of benzene rings is 1. The normalized spacial score (nSPS) is 10.9. The van der Waals surface area contributed by atoms with Crippen LogP contribution in [0.5, 0.6) is 0 Å². The average molecular weight is 206 g/mol. The zero-order chi connectivity index (χ0) is 11.1. The first-order valence-corrected chi connectivity index (χ1v) is 5.73. The maximum atomic E-state index is 3.35. The molecule has 15 heavy (non-hydrogen) atoms. The van der Waals surface area contributed by atoms with Crippen LogP contribution in [0.4, 0.5) is 0 Å². The van der Waals surface area contributed by atoms with Crippen molar-refractivity contribution in [3.63, 3.8) is 0 Å². The highest BCUT2D eigenvalue weighted by atomic mass is 15.1. The number of nitrogens with zero attached hydrogens (tertiary/aromatic N) is 1. The monoisotopic (exact) mass is 206 g/mol. The molecule has 0 unspecified atom stereocenters. The highest BCUT2D eigenvalue weighted by molar-refractivity contribution is 5.23. The van der Waals surface area contributed by atoms with Crippen LogP contribution in [0.25, 0.3) is 0 Å². The molecule has 0 heterocycles. The van der Waals surface area contributed by atoms with Gasteiger partial charge in [-0.05, 0) is 31.3 Å². The topological polar surface area (TPSA) is 15.3 Å². The van der Waals surface area contributed by atoms with Crippen LogP contribution in [-0.2, 0) is 13.1 Å². The summed E-state index contributed by atoms with van der Waals surface area (Å²) in [5.74, 6) is 0. The first-order valence-electron chi connectivity index (χ1n) is 5.73. The molecule has 0 aromatic heterocycles. The fourth-order valence-corrected chi connectivity index (χ4v) is 1.53. The third kappa shape index (κ3) is 4.45. The van der Waals surface area contributed by atoms with Gasteiger partial charge in [0.2, 0.25) is 0 Å². The van der Waals surface area contributed by atoms with E-state index in [1.54, 1.807) is 0 Å². The summed E-state index contributed by atoms with van der Waals surface area (Å²) in [4.78, 5) is 2.31. The maximum Gasteiger partial charge on any atom is 0.0230 e. The Kier molecular flexibility index (Phi) is 5.37. The molecule has 0 atom stereocenters. The molecule has 0 aliphatic carbocycles. The third-order valence-corrected chi connectivity index (χ3v) is 2.56. The minimum atomic E-state index is 0.972. The Morgan fingerprint density at radius 2 is 1.93 bits per heavy atom. The lowest BCUT2D eigenvalue weighted by Gasteiger charge is -2.14. The van der Waals surface area contributed by atoms with E-state index in [4.69, 9.17) is 0 Å². The fraction of sp³-hybridized carbons (Fsp3) is 0.538. The van der Waals surface area contributed by atoms with Crippen molar-refractivity contribution >= 4 is 0 Å². The van der Waals surface area contributed by atoms with Crippen molar-refractivity contribution in [1.29, 1.82) is 0 Å². The highest BCUT2D eigenvalue weighted by Gasteiger charge is 1.98. The number of nitrogens with one attached hydrogen (secondary N) is 1. The van der Waals surface area contributed by atoms with Crippen LogP contribution in [0.2, 0.25) is 0 Å². The summed E-state index contributed by atoms with van der Waals surface area (Å²) in [6, 6.07) is 8.81. The van der Waals surface area contributed by atoms with Crippen LogP contribution in [0.15, 0.2) is 24.3 Å². The van der Waals surface area contributed by atoms with Crippen molar-refractivity contribution in [2.45, 2.75) is 26.9 Å². The lowest BCUT2D eigenvalue weighted by atomic mass is 10.1. The van der Waals surface area contributed by atoms with Gasteiger partial charge in [0, 0.05) is 13.1 Å². The SMILES string of the molecule is CCNCc1cccc(CN(C)CC)c1. The van der Waals surface area contributed by atoms with Crippen molar-refractivity contribution < 1.29 is 0 Å². The molecule has 1 N–H and O–H groups in total. The zero-order valence-corrected chi connectivity index (χ0v) is 10.1. The molecule has 0 aliphatic rings. The minimum Gasteiger partial charge on any atom is -0.313 e. The number of hydrogen-bond donors (Lipinski definition) is 1. The lowest BCUT2D eigenvalue weighted by molar-refractivity contribution is 0.345. The summed E-state index contributed by atoms with van der Waals surface area (Å²) >= 11 is 0. The molecule has 1 aromatic rings. The van der Waals surface area contributed by atoms with Crippen molar-refractivity contribution in [3.8, 4) is 0 Å². The first kappa shape index (κ1) is 12.2. The molecular weight excluding hydrogens is 184 g/mol. The molecule has 2 nitrogen and oxygen atoms in total. The van der Waals surface area contributed by atoms with Crippen LogP contribution >= 0.6 is 0 Å². The molecule has 2 heteroatoms. The highest BCUT2D eigenvalue weighted by Crippen LogP contribution is 2.07. The van der Waals surface area contributed by atoms with Gasteiger partial charge in [0.1, 0.15) is 0 Å². The van der Waals surface area contributed by atoms with E-state index in [1.165, 1.54) is 11.1 Å². The fourth-order valence-electron chi connectivity index (χ4n) is 1.53. The van der Waals surface area contributed by atoms with Gasteiger partial charge in [0.25, 0.3) is 0 Å². The Balaban J connectivity index is 2.57. The van der Waals surface area contributed by atoms with E-state index in [-0.39, 0.29) is 0 Å². The van der Waals surface area contributed by atoms with E-state index in [0.29, 0.717) is 0 Å². The van der Waals surface area contributed by atoms with Crippen LogP contribution < -0.4 is 5.32 Å². The van der Waals surface area contributed by atoms with Gasteiger partial charge in [-0.3, -0.25) is 0 Å². The molecular formula is C13H22N2. The van der Waals surface area contributed by atoms with Gasteiger partial charge in [0.05, 0.1) is 0 Å². The minimum absolute atomic E-state index is 0.972. The summed E-state index contributed by atoms with van der Waals surface area (Å²) in [6.45, 7) is 8.45. The van der Waals surface area contributed by atoms with Gasteiger partial charge >= 0.3 is 0 Å². The largest absolute Gasteiger partial charge is 0.313 e. The van der Waals surface area contributed by atoms with Crippen molar-refractivity contribution in [3.05, 3.63) is 35.4 Å². The van der Waals surface area contributed by atoms with E-state index in [2.05, 4.69) is 55.4 Å². The van der Waals surface area contributed by atoms with E-state index < -0.39 is 0 Å². The van der Waals surface area contributed by atoms with E-state index >= 15 is 0 Å². The van der Waals surface area contributed by atoms with Gasteiger partial charge in [0.15, 0.2) is 0 Å². The quantitative estimate of drug-likeness (QED) is 0.768. The van der Waals surface area contributed by atoms with E-state index in [1.807, 2.05) is 0 Å². The molecule has 0 saturated heterocycles. The summed E-state index contributed by atoms with van der Waals surface area (Å²) in [5, 5.41) is 3.35. The summed E-state index contributed by atoms with van der Waals surface area (Å²) in [5.41, 5.74) is 2.77. The maximum absolute atomic E-state index is 3.35. The predicted molar refractivity (Wildman–Crippen MR) is 65.8 cm³/mol. The number of rotatable bonds is 6. The molecule has 0 spiro atoms. The Morgan fingerprint density at radius 3 is 2.60 bits per heavy atom. The van der Waals surface area contributed by atoms with Gasteiger partial charge < -0.3 is 10.2 Å². The molecule has 0 radical (unpaired) electrons. The second kappa shape index (κ2) is 6.59. The second-order valence-electron chi connectivity index (χ2n) is 3.93. The molecule has 1 aromatic carbocycles. The Labute approximate surface area is 93.3 Å². The summed E-state index contributed by atoms with van der Waals surface area (Å²) in [7, 11) is 2.15. The molecule has 0 amide bonds. The van der Waals surface area contributed by atoms with Gasteiger partial charge in [-0.25, -0.2) is 0 Å². The van der Waals surface area contributed by atoms with Crippen molar-refractivity contribution in [2.24, 2.45) is 0 Å². The first-order chi connectivity index (χ1) is 7.26. The van der Waals surface area contributed by atoms with Crippen molar-refractivity contribution in [2.75, 3.05) is 20.1 Å². The molecule has 0 bridgehead atoms. The standard InChI is InChI=1S/C13H22N2/c1-4-14-10-12-7-6-8-13(9-12)11-15(3)5-2/h6-9,14H,4-5,10-11H2,1-3H3. The Morgan fingerprint density at radius 1 is 1.20 bits per heavy atom. The molecule has 84 valence electrons. The third-order valence-electron chi connectivity index (χ3n) is 2.56. The van der Waals surface area contributed by atoms with Crippen LogP contribution in [0.1, 0.15) is 25.0 Å². The Bertz CT molecular complexity index is 284. The van der Waals surface area contributed by atoms with Crippen molar-refractivity contribution in [1.82, 2.24) is 10.2 Å². The van der Waals surface area contributed by atoms with Gasteiger partial charge in [-0.15, -0.1) is 0 Å². The van der Waals surface area contributed by atoms with Gasteiger partial charge in [-0.1, -0.05) is 38.1 Å². The predicted octanol–water partition coefficient (Wildman–Crippen LogP) is 2.25. The summed E-state index contributed by atoms with van der Waals surface area (Å²) < 4.78 is 0. The van der Waals surface area contributed by atoms with E-state index in [0.717, 1.165) is 26.2 Å². The smallest absolute Gasteiger partial charge is 0.0230 e. The Hall–Kier alpha value is -0.860. The molecule has 0 fully saturated rings. The molecule has 0 saturated carbocycles. The van der Waals surface area contributed by atoms with Gasteiger partial charge in [-0.2, -0.15) is 0 Å². The second-order valence-corrected chi connectivity index (χ2v) is 3.93.